The van der Waals surface area contributed by atoms with Crippen molar-refractivity contribution in [2.45, 2.75) is 58.8 Å². The number of anilines is 1. The molecule has 0 aliphatic carbocycles. The summed E-state index contributed by atoms with van der Waals surface area (Å²) in [7, 11) is 0. The molecule has 3 heterocycles. The van der Waals surface area contributed by atoms with E-state index in [0.29, 0.717) is 0 Å². The first kappa shape index (κ1) is 22.9. The van der Waals surface area contributed by atoms with Crippen molar-refractivity contribution in [3.05, 3.63) is 59.5 Å². The average Bonchev–Trinajstić information content (AvgIpc) is 2.81. The summed E-state index contributed by atoms with van der Waals surface area (Å²) < 4.78 is 0. The molecule has 0 atom stereocenters. The predicted molar refractivity (Wildman–Crippen MR) is 131 cm³/mol. The maximum atomic E-state index is 10.7. The van der Waals surface area contributed by atoms with Gasteiger partial charge in [0.25, 0.3) is 0 Å². The summed E-state index contributed by atoms with van der Waals surface area (Å²) in [4.78, 5) is 27.9. The topological polar surface area (TPSA) is 79.2 Å². The van der Waals surface area contributed by atoms with Crippen LogP contribution in [0.4, 0.5) is 5.82 Å². The lowest BCUT2D eigenvalue weighted by Crippen LogP contribution is -2.32. The van der Waals surface area contributed by atoms with Crippen LogP contribution in [0.25, 0.3) is 22.5 Å². The van der Waals surface area contributed by atoms with Gasteiger partial charge in [0.15, 0.2) is 5.82 Å². The van der Waals surface area contributed by atoms with E-state index < -0.39 is 5.97 Å². The van der Waals surface area contributed by atoms with Crippen LogP contribution in [0.2, 0.25) is 0 Å². The third-order valence-electron chi connectivity index (χ3n) is 6.17. The number of hydrogen-bond acceptors (Lipinski definition) is 5. The number of aliphatic carboxylic acids is 1. The second kappa shape index (κ2) is 10.6. The fourth-order valence-electron chi connectivity index (χ4n) is 4.30. The van der Waals surface area contributed by atoms with E-state index in [1.54, 1.807) is 0 Å². The zero-order chi connectivity index (χ0) is 23.2. The molecule has 0 saturated heterocycles. The number of rotatable bonds is 9. The van der Waals surface area contributed by atoms with Crippen LogP contribution in [0, 0.1) is 13.8 Å². The fraction of sp³-hybridized carbons (Fsp3) is 0.407. The van der Waals surface area contributed by atoms with Crippen LogP contribution in [0.1, 0.15) is 55.5 Å². The van der Waals surface area contributed by atoms with Gasteiger partial charge in [-0.05, 0) is 51.7 Å². The Hall–Kier alpha value is -3.28. The Kier molecular flexibility index (Phi) is 7.33. The van der Waals surface area contributed by atoms with Crippen LogP contribution >= 0.6 is 0 Å². The highest BCUT2D eigenvalue weighted by atomic mass is 16.4. The number of nitrogens with zero attached hydrogens (tertiary/aromatic N) is 4. The number of aromatic nitrogens is 3. The van der Waals surface area contributed by atoms with Gasteiger partial charge >= 0.3 is 5.97 Å². The summed E-state index contributed by atoms with van der Waals surface area (Å²) in [5.74, 6) is 0.274. The van der Waals surface area contributed by atoms with E-state index >= 15 is 0 Å². The molecule has 0 bridgehead atoms. The van der Waals surface area contributed by atoms with E-state index in [2.05, 4.69) is 47.1 Å². The first-order valence-corrected chi connectivity index (χ1v) is 11.9. The third-order valence-corrected chi connectivity index (χ3v) is 6.17. The molecule has 6 nitrogen and oxygen atoms in total. The zero-order valence-electron chi connectivity index (χ0n) is 19.5. The fourth-order valence-corrected chi connectivity index (χ4v) is 4.30. The molecule has 4 rings (SSSR count). The Bertz CT molecular complexity index is 1090. The first-order valence-electron chi connectivity index (χ1n) is 11.9. The van der Waals surface area contributed by atoms with Crippen LogP contribution in [0.15, 0.2) is 42.6 Å². The summed E-state index contributed by atoms with van der Waals surface area (Å²) in [5, 5.41) is 8.81. The molecule has 3 aromatic rings. The van der Waals surface area contributed by atoms with Crippen molar-refractivity contribution >= 4 is 11.8 Å². The average molecular weight is 445 g/mol. The maximum Gasteiger partial charge on any atom is 0.303 e. The highest BCUT2D eigenvalue weighted by molar-refractivity contribution is 5.79. The van der Waals surface area contributed by atoms with Gasteiger partial charge in [-0.1, -0.05) is 42.7 Å². The van der Waals surface area contributed by atoms with Crippen LogP contribution in [0.3, 0.4) is 0 Å². The lowest BCUT2D eigenvalue weighted by molar-refractivity contribution is -0.137. The number of aryl methyl sites for hydroxylation is 3. The molecule has 172 valence electrons. The van der Waals surface area contributed by atoms with Gasteiger partial charge in [-0.3, -0.25) is 9.78 Å². The lowest BCUT2D eigenvalue weighted by atomic mass is 10.0. The minimum atomic E-state index is -0.710. The molecule has 6 heteroatoms. The number of fused-ring (bicyclic) bond motifs is 1. The predicted octanol–water partition coefficient (Wildman–Crippen LogP) is 5.61. The minimum Gasteiger partial charge on any atom is -0.481 e. The van der Waals surface area contributed by atoms with Crippen molar-refractivity contribution in [1.82, 2.24) is 15.0 Å². The van der Waals surface area contributed by atoms with Gasteiger partial charge in [-0.25, -0.2) is 9.97 Å². The first-order chi connectivity index (χ1) is 16.0. The quantitative estimate of drug-likeness (QED) is 0.432. The molecule has 0 radical (unpaired) electrons. The summed E-state index contributed by atoms with van der Waals surface area (Å²) in [6.07, 6.45) is 7.90. The summed E-state index contributed by atoms with van der Waals surface area (Å²) in [6.45, 7) is 5.98. The Morgan fingerprint density at radius 3 is 2.39 bits per heavy atom. The number of hydrogen-bond donors (Lipinski definition) is 1. The van der Waals surface area contributed by atoms with Gasteiger partial charge in [0.2, 0.25) is 0 Å². The van der Waals surface area contributed by atoms with E-state index in [-0.39, 0.29) is 6.42 Å². The van der Waals surface area contributed by atoms with E-state index in [1.807, 2.05) is 19.2 Å². The molecule has 33 heavy (non-hydrogen) atoms. The summed E-state index contributed by atoms with van der Waals surface area (Å²) in [5.41, 5.74) is 7.09. The maximum absolute atomic E-state index is 10.7. The SMILES string of the molecule is Cc1ccc(-c2nc3c(nc2-c2ccc(C)nc2)N(CCCCCCC(=O)O)CCC3)cc1. The molecule has 1 aliphatic heterocycles. The molecular formula is C27H32N4O2. The molecule has 0 unspecified atom stereocenters. The van der Waals surface area contributed by atoms with E-state index in [9.17, 15) is 4.79 Å². The third kappa shape index (κ3) is 5.75. The number of carboxylic acids is 1. The lowest BCUT2D eigenvalue weighted by Gasteiger charge is -2.30. The molecular weight excluding hydrogens is 412 g/mol. The standard InChI is InChI=1S/C27H32N4O2/c1-19-10-13-21(14-11-19)25-26(22-15-12-20(2)28-18-22)30-27-23(29-25)8-7-17-31(27)16-6-4-3-5-9-24(32)33/h10-15,18H,3-9,16-17H2,1-2H3,(H,32,33). The Labute approximate surface area is 195 Å². The van der Waals surface area contributed by atoms with E-state index in [4.69, 9.17) is 15.1 Å². The van der Waals surface area contributed by atoms with Gasteiger partial charge in [-0.2, -0.15) is 0 Å². The van der Waals surface area contributed by atoms with Gasteiger partial charge in [0.1, 0.15) is 5.69 Å². The molecule has 2 aromatic heterocycles. The molecule has 0 saturated carbocycles. The number of carbonyl (C=O) groups is 1. The van der Waals surface area contributed by atoms with Gasteiger partial charge in [0, 0.05) is 42.5 Å². The number of carboxylic acid groups (broad SMARTS) is 1. The minimum absolute atomic E-state index is 0.258. The Morgan fingerprint density at radius 1 is 0.939 bits per heavy atom. The van der Waals surface area contributed by atoms with Crippen LogP contribution < -0.4 is 4.90 Å². The van der Waals surface area contributed by atoms with Crippen molar-refractivity contribution in [3.8, 4) is 22.5 Å². The Balaban J connectivity index is 1.62. The molecule has 1 N–H and O–H groups in total. The second-order valence-corrected chi connectivity index (χ2v) is 8.89. The summed E-state index contributed by atoms with van der Waals surface area (Å²) >= 11 is 0. The van der Waals surface area contributed by atoms with Crippen molar-refractivity contribution in [1.29, 1.82) is 0 Å². The molecule has 0 amide bonds. The molecule has 0 fully saturated rings. The molecule has 1 aliphatic rings. The smallest absolute Gasteiger partial charge is 0.303 e. The highest BCUT2D eigenvalue weighted by Crippen LogP contribution is 2.34. The number of pyridine rings is 1. The van der Waals surface area contributed by atoms with Gasteiger partial charge in [-0.15, -0.1) is 0 Å². The van der Waals surface area contributed by atoms with Crippen molar-refractivity contribution < 1.29 is 9.90 Å². The van der Waals surface area contributed by atoms with Crippen LogP contribution in [-0.2, 0) is 11.2 Å². The van der Waals surface area contributed by atoms with Gasteiger partial charge < -0.3 is 10.0 Å². The summed E-state index contributed by atoms with van der Waals surface area (Å²) in [6, 6.07) is 12.6. The molecule has 0 spiro atoms. The molecule has 1 aromatic carbocycles. The zero-order valence-corrected chi connectivity index (χ0v) is 19.5. The van der Waals surface area contributed by atoms with Gasteiger partial charge in [0.05, 0.1) is 11.4 Å². The van der Waals surface area contributed by atoms with E-state index in [1.165, 1.54) is 5.56 Å². The number of unbranched alkanes of at least 4 members (excludes halogenated alkanes) is 3. The van der Waals surface area contributed by atoms with Crippen LogP contribution in [0.5, 0.6) is 0 Å². The van der Waals surface area contributed by atoms with Crippen molar-refractivity contribution in [2.24, 2.45) is 0 Å². The highest BCUT2D eigenvalue weighted by Gasteiger charge is 2.23. The second-order valence-electron chi connectivity index (χ2n) is 8.89. The largest absolute Gasteiger partial charge is 0.481 e. The van der Waals surface area contributed by atoms with E-state index in [0.717, 1.165) is 91.3 Å². The van der Waals surface area contributed by atoms with Crippen molar-refractivity contribution in [3.63, 3.8) is 0 Å². The monoisotopic (exact) mass is 444 g/mol. The van der Waals surface area contributed by atoms with Crippen LogP contribution in [-0.4, -0.2) is 39.1 Å². The van der Waals surface area contributed by atoms with Crippen molar-refractivity contribution in [2.75, 3.05) is 18.0 Å². The normalized spacial score (nSPS) is 13.1. The number of benzene rings is 1. The Morgan fingerprint density at radius 2 is 1.67 bits per heavy atom.